The van der Waals surface area contributed by atoms with Crippen molar-refractivity contribution in [1.82, 2.24) is 10.2 Å². The third-order valence-electron chi connectivity index (χ3n) is 4.54. The highest BCUT2D eigenvalue weighted by molar-refractivity contribution is 5.83. The van der Waals surface area contributed by atoms with Crippen molar-refractivity contribution < 1.29 is 14.3 Å². The smallest absolute Gasteiger partial charge is 0.239 e. The quantitative estimate of drug-likeness (QED) is 0.738. The number of nitrogens with one attached hydrogen (secondary N) is 1. The van der Waals surface area contributed by atoms with Gasteiger partial charge in [-0.05, 0) is 38.2 Å². The van der Waals surface area contributed by atoms with E-state index in [2.05, 4.69) is 11.4 Å². The Balaban J connectivity index is 1.83. The van der Waals surface area contributed by atoms with Gasteiger partial charge in [-0.25, -0.2) is 0 Å². The minimum Gasteiger partial charge on any atom is -0.496 e. The number of hydrogen-bond acceptors (Lipinski definition) is 3. The normalized spacial score (nSPS) is 13.8. The number of allylic oxidation sites excluding steroid dienone is 1. The minimum absolute atomic E-state index is 0.0659. The van der Waals surface area contributed by atoms with E-state index < -0.39 is 0 Å². The summed E-state index contributed by atoms with van der Waals surface area (Å²) in [7, 11) is 1.61. The lowest BCUT2D eigenvalue weighted by Gasteiger charge is -2.22. The van der Waals surface area contributed by atoms with Gasteiger partial charge in [-0.2, -0.15) is 0 Å². The van der Waals surface area contributed by atoms with Crippen molar-refractivity contribution in [3.05, 3.63) is 41.5 Å². The zero-order valence-electron chi connectivity index (χ0n) is 15.2. The van der Waals surface area contributed by atoms with Crippen LogP contribution in [0.4, 0.5) is 0 Å². The number of nitrogens with zero attached hydrogens (tertiary/aromatic N) is 1. The van der Waals surface area contributed by atoms with Crippen LogP contribution in [0.15, 0.2) is 35.9 Å². The summed E-state index contributed by atoms with van der Waals surface area (Å²) in [5, 5.41) is 2.87. The first kappa shape index (κ1) is 19.0. The summed E-state index contributed by atoms with van der Waals surface area (Å²) in [6.45, 7) is 2.60. The topological polar surface area (TPSA) is 58.6 Å². The molecule has 0 unspecified atom stereocenters. The van der Waals surface area contributed by atoms with Gasteiger partial charge < -0.3 is 15.0 Å². The molecule has 0 heterocycles. The summed E-state index contributed by atoms with van der Waals surface area (Å²) in [6.07, 6.45) is 7.88. The van der Waals surface area contributed by atoms with Crippen LogP contribution in [0.2, 0.25) is 0 Å². The van der Waals surface area contributed by atoms with Gasteiger partial charge in [0.1, 0.15) is 5.75 Å². The first-order valence-electron chi connectivity index (χ1n) is 8.92. The monoisotopic (exact) mass is 344 g/mol. The van der Waals surface area contributed by atoms with Crippen LogP contribution < -0.4 is 10.1 Å². The van der Waals surface area contributed by atoms with Gasteiger partial charge in [-0.3, -0.25) is 9.59 Å². The molecule has 0 saturated heterocycles. The van der Waals surface area contributed by atoms with Gasteiger partial charge in [0.25, 0.3) is 0 Å². The molecule has 5 heteroatoms. The number of hydrogen-bond donors (Lipinski definition) is 1. The largest absolute Gasteiger partial charge is 0.496 e. The number of para-hydroxylation sites is 1. The van der Waals surface area contributed by atoms with Crippen LogP contribution in [0, 0.1) is 0 Å². The summed E-state index contributed by atoms with van der Waals surface area (Å²) in [5.74, 6) is 0.526. The van der Waals surface area contributed by atoms with Crippen molar-refractivity contribution >= 4 is 11.8 Å². The average Bonchev–Trinajstić information content (AvgIpc) is 2.64. The lowest BCUT2D eigenvalue weighted by atomic mass is 9.97. The number of rotatable bonds is 8. The second-order valence-corrected chi connectivity index (χ2v) is 6.39. The van der Waals surface area contributed by atoms with Gasteiger partial charge in [0, 0.05) is 25.6 Å². The Morgan fingerprint density at radius 1 is 1.24 bits per heavy atom. The Hall–Kier alpha value is -2.30. The van der Waals surface area contributed by atoms with Gasteiger partial charge in [0.15, 0.2) is 0 Å². The molecule has 0 saturated carbocycles. The Morgan fingerprint density at radius 3 is 2.72 bits per heavy atom. The fraction of sp³-hybridized carbons (Fsp3) is 0.500. The highest BCUT2D eigenvalue weighted by Gasteiger charge is 2.15. The van der Waals surface area contributed by atoms with Crippen LogP contribution >= 0.6 is 0 Å². The fourth-order valence-corrected chi connectivity index (χ4v) is 3.03. The predicted octanol–water partition coefficient (Wildman–Crippen LogP) is 3.05. The van der Waals surface area contributed by atoms with Crippen LogP contribution in [0.1, 0.15) is 44.6 Å². The molecule has 5 nitrogen and oxygen atoms in total. The van der Waals surface area contributed by atoms with Gasteiger partial charge in [0.05, 0.1) is 13.7 Å². The SMILES string of the molecule is COc1ccccc1CNC(=O)CN(CCC1=CCCCC1)C(C)=O. The Bertz CT molecular complexity index is 625. The third kappa shape index (κ3) is 6.25. The zero-order chi connectivity index (χ0) is 18.1. The minimum atomic E-state index is -0.154. The summed E-state index contributed by atoms with van der Waals surface area (Å²) < 4.78 is 5.28. The molecule has 2 rings (SSSR count). The fourth-order valence-electron chi connectivity index (χ4n) is 3.03. The third-order valence-corrected chi connectivity index (χ3v) is 4.54. The van der Waals surface area contributed by atoms with E-state index in [-0.39, 0.29) is 18.4 Å². The van der Waals surface area contributed by atoms with E-state index in [1.165, 1.54) is 25.3 Å². The van der Waals surface area contributed by atoms with E-state index in [1.54, 1.807) is 12.0 Å². The average molecular weight is 344 g/mol. The molecule has 1 aromatic rings. The molecule has 0 fully saturated rings. The van der Waals surface area contributed by atoms with Crippen LogP contribution in [0.25, 0.3) is 0 Å². The molecule has 0 bridgehead atoms. The molecule has 0 aliphatic heterocycles. The number of benzene rings is 1. The Kier molecular flexibility index (Phi) is 7.51. The first-order chi connectivity index (χ1) is 12.1. The molecule has 1 aromatic carbocycles. The van der Waals surface area contributed by atoms with E-state index in [9.17, 15) is 9.59 Å². The van der Waals surface area contributed by atoms with E-state index >= 15 is 0 Å². The molecule has 136 valence electrons. The Labute approximate surface area is 150 Å². The van der Waals surface area contributed by atoms with Crippen molar-refractivity contribution in [3.8, 4) is 5.75 Å². The summed E-state index contributed by atoms with van der Waals surface area (Å²) in [6, 6.07) is 7.57. The molecule has 0 radical (unpaired) electrons. The number of ether oxygens (including phenoxy) is 1. The van der Waals surface area contributed by atoms with E-state index in [4.69, 9.17) is 4.74 Å². The van der Waals surface area contributed by atoms with Crippen molar-refractivity contribution in [3.63, 3.8) is 0 Å². The molecule has 0 spiro atoms. The maximum absolute atomic E-state index is 12.2. The zero-order valence-corrected chi connectivity index (χ0v) is 15.2. The number of carbonyl (C=O) groups excluding carboxylic acids is 2. The molecule has 1 aliphatic carbocycles. The van der Waals surface area contributed by atoms with Crippen molar-refractivity contribution in [1.29, 1.82) is 0 Å². The second kappa shape index (κ2) is 9.87. The van der Waals surface area contributed by atoms with Gasteiger partial charge >= 0.3 is 0 Å². The van der Waals surface area contributed by atoms with Crippen molar-refractivity contribution in [2.24, 2.45) is 0 Å². The molecule has 0 aromatic heterocycles. The first-order valence-corrected chi connectivity index (χ1v) is 8.92. The molecule has 2 amide bonds. The lowest BCUT2D eigenvalue weighted by molar-refractivity contribution is -0.134. The van der Waals surface area contributed by atoms with E-state index in [0.29, 0.717) is 13.1 Å². The van der Waals surface area contributed by atoms with Gasteiger partial charge in [0.2, 0.25) is 11.8 Å². The molecule has 1 N–H and O–H groups in total. The number of carbonyl (C=O) groups is 2. The number of amides is 2. The summed E-state index contributed by atoms with van der Waals surface area (Å²) >= 11 is 0. The second-order valence-electron chi connectivity index (χ2n) is 6.39. The van der Waals surface area contributed by atoms with E-state index in [1.807, 2.05) is 24.3 Å². The molecular formula is C20H28N2O3. The summed E-state index contributed by atoms with van der Waals surface area (Å²) in [4.78, 5) is 25.7. The lowest BCUT2D eigenvalue weighted by Crippen LogP contribution is -2.40. The summed E-state index contributed by atoms with van der Waals surface area (Å²) in [5.41, 5.74) is 2.33. The highest BCUT2D eigenvalue weighted by atomic mass is 16.5. The van der Waals surface area contributed by atoms with Gasteiger partial charge in [-0.15, -0.1) is 0 Å². The standard InChI is InChI=1S/C20H28N2O3/c1-16(23)22(13-12-17-8-4-3-5-9-17)15-20(24)21-14-18-10-6-7-11-19(18)25-2/h6-8,10-11H,3-5,9,12-15H2,1-2H3,(H,21,24). The maximum atomic E-state index is 12.2. The molecule has 1 aliphatic rings. The van der Waals surface area contributed by atoms with Crippen LogP contribution in [-0.2, 0) is 16.1 Å². The van der Waals surface area contributed by atoms with Crippen LogP contribution in [0.3, 0.4) is 0 Å². The van der Waals surface area contributed by atoms with E-state index in [0.717, 1.165) is 30.6 Å². The molecule has 25 heavy (non-hydrogen) atoms. The maximum Gasteiger partial charge on any atom is 0.239 e. The Morgan fingerprint density at radius 2 is 2.04 bits per heavy atom. The highest BCUT2D eigenvalue weighted by Crippen LogP contribution is 2.20. The van der Waals surface area contributed by atoms with Gasteiger partial charge in [-0.1, -0.05) is 29.8 Å². The van der Waals surface area contributed by atoms with Crippen LogP contribution in [0.5, 0.6) is 5.75 Å². The predicted molar refractivity (Wildman–Crippen MR) is 98.3 cm³/mol. The number of methoxy groups -OCH3 is 1. The van der Waals surface area contributed by atoms with Crippen molar-refractivity contribution in [2.75, 3.05) is 20.2 Å². The van der Waals surface area contributed by atoms with Crippen LogP contribution in [-0.4, -0.2) is 36.9 Å². The van der Waals surface area contributed by atoms with Crippen molar-refractivity contribution in [2.45, 2.75) is 45.6 Å². The molecular weight excluding hydrogens is 316 g/mol. The molecule has 0 atom stereocenters.